The van der Waals surface area contributed by atoms with Gasteiger partial charge in [-0.25, -0.2) is 23.5 Å². The first-order valence-corrected chi connectivity index (χ1v) is 16.9. The van der Waals surface area contributed by atoms with Gasteiger partial charge < -0.3 is 4.74 Å². The van der Waals surface area contributed by atoms with E-state index in [0.717, 1.165) is 44.9 Å². The third-order valence-corrected chi connectivity index (χ3v) is 13.3. The van der Waals surface area contributed by atoms with Gasteiger partial charge in [0.25, 0.3) is 0 Å². The summed E-state index contributed by atoms with van der Waals surface area (Å²) in [7, 11) is 0. The maximum atomic E-state index is 14.8. The molecule has 1 aromatic heterocycles. The molecule has 3 fully saturated rings. The highest BCUT2D eigenvalue weighted by atomic mass is 16.5. The summed E-state index contributed by atoms with van der Waals surface area (Å²) in [5, 5.41) is 0. The standard InChI is InChI=1S/C37H49N3O4/c1-24(2)11-10-12-25(3)29-15-16-30-34(29,5)19-18-31-35(6)20-17-28(44-26(4)41)23-36(35)21-22-37(30,31)40-33(43)38(32(42)39(36)40)27-13-8-7-9-14-27/h7-9,11,13-14,21-22,25,28-31H,10,12,15-20,23H2,1-6H3/t25-,28+,29-,30?,31?,34-,35-,36?,37?/m1/s1. The zero-order valence-electron chi connectivity index (χ0n) is 27.3. The van der Waals surface area contributed by atoms with E-state index in [1.807, 2.05) is 39.7 Å². The summed E-state index contributed by atoms with van der Waals surface area (Å²) in [6, 6.07) is 9.37. The second-order valence-corrected chi connectivity index (χ2v) is 15.6. The van der Waals surface area contributed by atoms with Crippen molar-refractivity contribution in [2.75, 3.05) is 0 Å². The van der Waals surface area contributed by atoms with E-state index < -0.39 is 11.1 Å². The van der Waals surface area contributed by atoms with Crippen molar-refractivity contribution in [2.24, 2.45) is 34.5 Å². The van der Waals surface area contributed by atoms with Gasteiger partial charge in [-0.15, -0.1) is 0 Å². The molecule has 4 unspecified atom stereocenters. The lowest BCUT2D eigenvalue weighted by Gasteiger charge is -2.71. The number of carbonyl (C=O) groups is 1. The average molecular weight is 600 g/mol. The molecular weight excluding hydrogens is 550 g/mol. The number of benzene rings is 1. The summed E-state index contributed by atoms with van der Waals surface area (Å²) in [4.78, 5) is 41.6. The molecule has 44 heavy (non-hydrogen) atoms. The van der Waals surface area contributed by atoms with Crippen molar-refractivity contribution < 1.29 is 9.53 Å². The second kappa shape index (κ2) is 9.95. The Labute approximate surface area is 261 Å². The van der Waals surface area contributed by atoms with Gasteiger partial charge in [0.15, 0.2) is 0 Å². The minimum absolute atomic E-state index is 0.0725. The first-order chi connectivity index (χ1) is 20.9. The molecule has 3 saturated carbocycles. The molecule has 1 aromatic carbocycles. The van der Waals surface area contributed by atoms with Crippen LogP contribution in [-0.2, 0) is 20.6 Å². The number of rotatable bonds is 6. The Kier molecular flexibility index (Phi) is 6.70. The van der Waals surface area contributed by atoms with Crippen LogP contribution in [0.5, 0.6) is 0 Å². The monoisotopic (exact) mass is 599 g/mol. The summed E-state index contributed by atoms with van der Waals surface area (Å²) in [5.74, 6) is 1.36. The molecule has 2 bridgehead atoms. The van der Waals surface area contributed by atoms with Gasteiger partial charge in [-0.1, -0.05) is 62.8 Å². The van der Waals surface area contributed by atoms with Crippen LogP contribution in [0.1, 0.15) is 99.3 Å². The van der Waals surface area contributed by atoms with Gasteiger partial charge >= 0.3 is 17.3 Å². The normalized spacial score (nSPS) is 38.7. The smallest absolute Gasteiger partial charge is 0.352 e. The first-order valence-electron chi connectivity index (χ1n) is 16.9. The Morgan fingerprint density at radius 1 is 0.955 bits per heavy atom. The molecular formula is C37H49N3O4. The van der Waals surface area contributed by atoms with Crippen LogP contribution in [0.3, 0.4) is 0 Å². The topological polar surface area (TPSA) is 75.2 Å². The zero-order valence-corrected chi connectivity index (χ0v) is 27.3. The quantitative estimate of drug-likeness (QED) is 0.273. The van der Waals surface area contributed by atoms with Crippen LogP contribution in [0.25, 0.3) is 5.69 Å². The van der Waals surface area contributed by atoms with Crippen LogP contribution >= 0.6 is 0 Å². The fourth-order valence-corrected chi connectivity index (χ4v) is 11.5. The average Bonchev–Trinajstić information content (AvgIpc) is 3.47. The predicted molar refractivity (Wildman–Crippen MR) is 172 cm³/mol. The molecule has 0 amide bonds. The predicted octanol–water partition coefficient (Wildman–Crippen LogP) is 6.72. The fourth-order valence-electron chi connectivity index (χ4n) is 11.5. The molecule has 2 spiro atoms. The molecule has 0 radical (unpaired) electrons. The van der Waals surface area contributed by atoms with Crippen molar-refractivity contribution in [1.82, 2.24) is 13.9 Å². The first kappa shape index (κ1) is 29.6. The van der Waals surface area contributed by atoms with Crippen LogP contribution < -0.4 is 11.4 Å². The lowest BCUT2D eigenvalue weighted by Crippen LogP contribution is -2.76. The summed E-state index contributed by atoms with van der Waals surface area (Å²) in [6.07, 6.45) is 15.5. The number of para-hydroxylation sites is 1. The van der Waals surface area contributed by atoms with Crippen molar-refractivity contribution in [3.05, 3.63) is 75.1 Å². The number of hydrogen-bond acceptors (Lipinski definition) is 4. The van der Waals surface area contributed by atoms with Crippen LogP contribution in [0.4, 0.5) is 0 Å². The number of hydrogen-bond donors (Lipinski definition) is 0. The van der Waals surface area contributed by atoms with E-state index in [2.05, 4.69) is 52.8 Å². The van der Waals surface area contributed by atoms with Crippen LogP contribution in [0.2, 0.25) is 0 Å². The Bertz CT molecular complexity index is 1660. The Morgan fingerprint density at radius 3 is 2.39 bits per heavy atom. The van der Waals surface area contributed by atoms with Gasteiger partial charge in [0.2, 0.25) is 0 Å². The van der Waals surface area contributed by atoms with Crippen molar-refractivity contribution in [3.63, 3.8) is 0 Å². The van der Waals surface area contributed by atoms with Crippen molar-refractivity contribution >= 4 is 5.97 Å². The van der Waals surface area contributed by atoms with Gasteiger partial charge in [-0.2, -0.15) is 0 Å². The fraction of sp³-hybridized carbons (Fsp3) is 0.649. The molecule has 6 aliphatic rings. The lowest BCUT2D eigenvalue weighted by molar-refractivity contribution is -0.204. The van der Waals surface area contributed by atoms with E-state index in [9.17, 15) is 14.4 Å². The van der Waals surface area contributed by atoms with Crippen molar-refractivity contribution in [2.45, 2.75) is 117 Å². The highest BCUT2D eigenvalue weighted by Crippen LogP contribution is 2.74. The molecule has 9 atom stereocenters. The van der Waals surface area contributed by atoms with Crippen LogP contribution in [-0.4, -0.2) is 26.0 Å². The van der Waals surface area contributed by atoms with Crippen LogP contribution in [0, 0.1) is 34.5 Å². The molecule has 0 N–H and O–H groups in total. The Balaban J connectivity index is 1.43. The Morgan fingerprint density at radius 2 is 1.68 bits per heavy atom. The summed E-state index contributed by atoms with van der Waals surface area (Å²) in [5.41, 5.74) is -0.0204. The van der Waals surface area contributed by atoms with Gasteiger partial charge in [0.05, 0.1) is 16.8 Å². The maximum absolute atomic E-state index is 14.8. The zero-order chi connectivity index (χ0) is 31.2. The van der Waals surface area contributed by atoms with E-state index in [-0.39, 0.29) is 46.1 Å². The number of fused-ring (bicyclic) bond motifs is 1. The van der Waals surface area contributed by atoms with E-state index in [1.165, 1.54) is 23.5 Å². The molecule has 4 aliphatic carbocycles. The SMILES string of the molecule is CC(=O)O[C@H]1CC[C@]2(C)C3CC[C@@]4(C)C(CC[C@@H]4[C@H](C)CCC=C(C)C)C34C=CC2(C1)n1c(=O)n(-c2ccccc2)c(=O)n14. The molecule has 0 saturated heterocycles. The number of ether oxygens (including phenoxy) is 1. The van der Waals surface area contributed by atoms with Crippen molar-refractivity contribution in [1.29, 1.82) is 0 Å². The minimum atomic E-state index is -0.739. The number of carbonyl (C=O) groups excluding carboxylic acids is 1. The number of nitrogens with zero attached hydrogens (tertiary/aromatic N) is 3. The number of allylic oxidation sites excluding steroid dienone is 4. The third-order valence-electron chi connectivity index (χ3n) is 13.3. The summed E-state index contributed by atoms with van der Waals surface area (Å²) in [6.45, 7) is 13.1. The summed E-state index contributed by atoms with van der Waals surface area (Å²) < 4.78 is 11.0. The largest absolute Gasteiger partial charge is 0.462 e. The third kappa shape index (κ3) is 3.70. The number of esters is 1. The molecule has 2 aliphatic heterocycles. The molecule has 236 valence electrons. The minimum Gasteiger partial charge on any atom is -0.462 e. The van der Waals surface area contributed by atoms with Gasteiger partial charge in [-0.05, 0) is 106 Å². The lowest BCUT2D eigenvalue weighted by atomic mass is 9.40. The molecule has 7 nitrogen and oxygen atoms in total. The van der Waals surface area contributed by atoms with Gasteiger partial charge in [-0.3, -0.25) is 4.79 Å². The van der Waals surface area contributed by atoms with Crippen LogP contribution in [0.15, 0.2) is 63.7 Å². The maximum Gasteiger partial charge on any atom is 0.352 e. The van der Waals surface area contributed by atoms with E-state index in [0.29, 0.717) is 23.9 Å². The van der Waals surface area contributed by atoms with E-state index in [4.69, 9.17) is 4.74 Å². The van der Waals surface area contributed by atoms with E-state index in [1.54, 1.807) is 0 Å². The van der Waals surface area contributed by atoms with E-state index >= 15 is 0 Å². The van der Waals surface area contributed by atoms with Gasteiger partial charge in [0.1, 0.15) is 6.10 Å². The highest BCUT2D eigenvalue weighted by molar-refractivity contribution is 5.66. The molecule has 8 rings (SSSR count). The Hall–Kier alpha value is -3.09. The molecule has 2 aromatic rings. The van der Waals surface area contributed by atoms with Gasteiger partial charge in [0, 0.05) is 18.8 Å². The second-order valence-electron chi connectivity index (χ2n) is 15.6. The molecule has 3 heterocycles. The van der Waals surface area contributed by atoms with Crippen molar-refractivity contribution in [3.8, 4) is 5.69 Å². The summed E-state index contributed by atoms with van der Waals surface area (Å²) >= 11 is 0. The number of aromatic nitrogens is 3. The highest BCUT2D eigenvalue weighted by Gasteiger charge is 2.75. The molecule has 7 heteroatoms.